The largest absolute Gasteiger partial charge is 0.478 e. The number of hydrogen-bond acceptors (Lipinski definition) is 2. The molecule has 1 N–H and O–H groups in total. The molecule has 0 atom stereocenters. The van der Waals surface area contributed by atoms with E-state index < -0.39 is 5.97 Å². The lowest BCUT2D eigenvalue weighted by Gasteiger charge is -2.25. The molecule has 0 radical (unpaired) electrons. The fraction of sp³-hybridized carbons (Fsp3) is 0.357. The smallest absolute Gasteiger partial charge is 0.328 e. The Hall–Kier alpha value is -1.48. The highest BCUT2D eigenvalue weighted by Crippen LogP contribution is 2.34. The summed E-state index contributed by atoms with van der Waals surface area (Å²) < 4.78 is 0. The van der Waals surface area contributed by atoms with Gasteiger partial charge in [0.1, 0.15) is 0 Å². The Kier molecular flexibility index (Phi) is 3.92. The summed E-state index contributed by atoms with van der Waals surface area (Å²) >= 11 is 5.98. The summed E-state index contributed by atoms with van der Waals surface area (Å²) in [7, 11) is 0. The first-order valence-electron chi connectivity index (χ1n) is 6.09. The van der Waals surface area contributed by atoms with Gasteiger partial charge in [-0.15, -0.1) is 0 Å². The molecule has 1 aliphatic carbocycles. The van der Waals surface area contributed by atoms with Crippen LogP contribution in [0.3, 0.4) is 0 Å². The lowest BCUT2D eigenvalue weighted by Crippen LogP contribution is -2.25. The van der Waals surface area contributed by atoms with E-state index in [4.69, 9.17) is 16.7 Å². The van der Waals surface area contributed by atoms with Crippen molar-refractivity contribution in [3.05, 3.63) is 34.9 Å². The van der Waals surface area contributed by atoms with Crippen LogP contribution in [0.5, 0.6) is 0 Å². The second kappa shape index (κ2) is 5.44. The molecule has 0 bridgehead atoms. The molecule has 0 saturated heterocycles. The van der Waals surface area contributed by atoms with E-state index in [0.29, 0.717) is 11.1 Å². The number of hydrogen-bond donors (Lipinski definition) is 1. The molecule has 0 spiro atoms. The van der Waals surface area contributed by atoms with Crippen LogP contribution in [0.2, 0.25) is 5.02 Å². The van der Waals surface area contributed by atoms with Gasteiger partial charge in [-0.25, -0.2) is 4.79 Å². The monoisotopic (exact) mass is 265 g/mol. The quantitative estimate of drug-likeness (QED) is 0.830. The van der Waals surface area contributed by atoms with Crippen molar-refractivity contribution in [2.24, 2.45) is 0 Å². The maximum absolute atomic E-state index is 10.6. The van der Waals surface area contributed by atoms with Crippen LogP contribution in [-0.4, -0.2) is 23.7 Å². The molecule has 1 fully saturated rings. The van der Waals surface area contributed by atoms with Gasteiger partial charge in [-0.05, 0) is 49.6 Å². The molecule has 2 rings (SSSR count). The third-order valence-electron chi connectivity index (χ3n) is 3.03. The average molecular weight is 266 g/mol. The summed E-state index contributed by atoms with van der Waals surface area (Å²) in [5.74, 6) is -0.949. The lowest BCUT2D eigenvalue weighted by atomic mass is 10.1. The number of nitrogens with zero attached hydrogens (tertiary/aromatic N) is 1. The first-order valence-corrected chi connectivity index (χ1v) is 6.47. The van der Waals surface area contributed by atoms with Gasteiger partial charge in [0.05, 0.1) is 0 Å². The van der Waals surface area contributed by atoms with Gasteiger partial charge in [-0.1, -0.05) is 11.6 Å². The summed E-state index contributed by atoms with van der Waals surface area (Å²) in [6.45, 7) is 3.03. The second-order valence-corrected chi connectivity index (χ2v) is 4.83. The molecule has 3 nitrogen and oxygen atoms in total. The van der Waals surface area contributed by atoms with Crippen LogP contribution >= 0.6 is 11.6 Å². The predicted octanol–water partition coefficient (Wildman–Crippen LogP) is 3.43. The zero-order chi connectivity index (χ0) is 13.1. The summed E-state index contributed by atoms with van der Waals surface area (Å²) in [6, 6.07) is 6.21. The van der Waals surface area contributed by atoms with Crippen molar-refractivity contribution < 1.29 is 9.90 Å². The van der Waals surface area contributed by atoms with E-state index in [-0.39, 0.29) is 0 Å². The number of carboxylic acids is 1. The van der Waals surface area contributed by atoms with Crippen molar-refractivity contribution in [1.82, 2.24) is 0 Å². The molecule has 0 amide bonds. The Morgan fingerprint density at radius 3 is 2.83 bits per heavy atom. The molecule has 4 heteroatoms. The number of anilines is 1. The van der Waals surface area contributed by atoms with Crippen LogP contribution in [0.15, 0.2) is 24.3 Å². The minimum absolute atomic E-state index is 0.591. The van der Waals surface area contributed by atoms with E-state index in [9.17, 15) is 4.79 Å². The second-order valence-electron chi connectivity index (χ2n) is 4.39. The van der Waals surface area contributed by atoms with Gasteiger partial charge >= 0.3 is 5.97 Å². The van der Waals surface area contributed by atoms with E-state index in [0.717, 1.165) is 23.9 Å². The molecule has 18 heavy (non-hydrogen) atoms. The minimum atomic E-state index is -0.949. The number of carbonyl (C=O) groups is 1. The highest BCUT2D eigenvalue weighted by molar-refractivity contribution is 6.30. The predicted molar refractivity (Wildman–Crippen MR) is 74.2 cm³/mol. The van der Waals surface area contributed by atoms with Crippen LogP contribution < -0.4 is 4.90 Å². The number of rotatable bonds is 5. The van der Waals surface area contributed by atoms with Crippen molar-refractivity contribution in [2.75, 3.05) is 11.4 Å². The fourth-order valence-corrected chi connectivity index (χ4v) is 2.27. The first kappa shape index (κ1) is 13.0. The van der Waals surface area contributed by atoms with Crippen LogP contribution in [0.4, 0.5) is 5.69 Å². The van der Waals surface area contributed by atoms with Crippen molar-refractivity contribution in [2.45, 2.75) is 25.8 Å². The maximum atomic E-state index is 10.6. The normalized spacial score (nSPS) is 15.0. The van der Waals surface area contributed by atoms with E-state index in [1.807, 2.05) is 12.1 Å². The van der Waals surface area contributed by atoms with Gasteiger partial charge < -0.3 is 10.0 Å². The van der Waals surface area contributed by atoms with Gasteiger partial charge in [0.25, 0.3) is 0 Å². The van der Waals surface area contributed by atoms with Gasteiger partial charge in [0.15, 0.2) is 0 Å². The molecule has 0 aliphatic heterocycles. The summed E-state index contributed by atoms with van der Waals surface area (Å²) in [6.07, 6.45) is 5.17. The topological polar surface area (TPSA) is 40.5 Å². The SMILES string of the molecule is CCN(c1ccc(Cl)cc1/C=C/C(=O)O)C1CC1. The van der Waals surface area contributed by atoms with Crippen molar-refractivity contribution >= 4 is 29.3 Å². The summed E-state index contributed by atoms with van der Waals surface area (Å²) in [4.78, 5) is 12.9. The van der Waals surface area contributed by atoms with Gasteiger partial charge in [-0.2, -0.15) is 0 Å². The van der Waals surface area contributed by atoms with Crippen LogP contribution in [0.1, 0.15) is 25.3 Å². The van der Waals surface area contributed by atoms with Crippen LogP contribution in [0.25, 0.3) is 6.08 Å². The molecule has 0 aromatic heterocycles. The van der Waals surface area contributed by atoms with Crippen molar-refractivity contribution in [1.29, 1.82) is 0 Å². The van der Waals surface area contributed by atoms with Crippen molar-refractivity contribution in [3.63, 3.8) is 0 Å². The molecule has 96 valence electrons. The molecular formula is C14H16ClNO2. The zero-order valence-corrected chi connectivity index (χ0v) is 11.0. The Morgan fingerprint density at radius 2 is 2.28 bits per heavy atom. The lowest BCUT2D eigenvalue weighted by molar-refractivity contribution is -0.131. The standard InChI is InChI=1S/C14H16ClNO2/c1-2-16(12-5-6-12)13-7-4-11(15)9-10(13)3-8-14(17)18/h3-4,7-9,12H,2,5-6H2,1H3,(H,17,18)/b8-3+. The van der Waals surface area contributed by atoms with Gasteiger partial charge in [0, 0.05) is 29.4 Å². The fourth-order valence-electron chi connectivity index (χ4n) is 2.09. The zero-order valence-electron chi connectivity index (χ0n) is 10.3. The highest BCUT2D eigenvalue weighted by atomic mass is 35.5. The van der Waals surface area contributed by atoms with E-state index in [1.54, 1.807) is 12.1 Å². The number of benzene rings is 1. The number of aliphatic carboxylic acids is 1. The number of carboxylic acid groups (broad SMARTS) is 1. The molecule has 0 heterocycles. The number of halogens is 1. The third-order valence-corrected chi connectivity index (χ3v) is 3.27. The van der Waals surface area contributed by atoms with Crippen LogP contribution in [-0.2, 0) is 4.79 Å². The average Bonchev–Trinajstić information content (AvgIpc) is 3.14. The molecule has 1 aliphatic rings. The Morgan fingerprint density at radius 1 is 1.56 bits per heavy atom. The van der Waals surface area contributed by atoms with Crippen molar-refractivity contribution in [3.8, 4) is 0 Å². The van der Waals surface area contributed by atoms with Gasteiger partial charge in [0.2, 0.25) is 0 Å². The summed E-state index contributed by atoms with van der Waals surface area (Å²) in [5, 5.41) is 9.34. The Balaban J connectivity index is 2.35. The highest BCUT2D eigenvalue weighted by Gasteiger charge is 2.29. The molecule has 1 aromatic rings. The minimum Gasteiger partial charge on any atom is -0.478 e. The first-order chi connectivity index (χ1) is 8.61. The summed E-state index contributed by atoms with van der Waals surface area (Å²) in [5.41, 5.74) is 1.92. The van der Waals surface area contributed by atoms with E-state index in [1.165, 1.54) is 12.8 Å². The molecule has 0 unspecified atom stereocenters. The molecular weight excluding hydrogens is 250 g/mol. The maximum Gasteiger partial charge on any atom is 0.328 e. The van der Waals surface area contributed by atoms with Crippen LogP contribution in [0, 0.1) is 0 Å². The third kappa shape index (κ3) is 3.05. The molecule has 1 saturated carbocycles. The Bertz CT molecular complexity index is 481. The van der Waals surface area contributed by atoms with E-state index in [2.05, 4.69) is 11.8 Å². The van der Waals surface area contributed by atoms with E-state index >= 15 is 0 Å². The molecule has 1 aromatic carbocycles. The van der Waals surface area contributed by atoms with Gasteiger partial charge in [-0.3, -0.25) is 0 Å². The Labute approximate surface area is 112 Å².